The van der Waals surface area contributed by atoms with Crippen molar-refractivity contribution in [1.82, 2.24) is 4.90 Å². The van der Waals surface area contributed by atoms with Crippen LogP contribution in [0.4, 0.5) is 0 Å². The summed E-state index contributed by atoms with van der Waals surface area (Å²) in [4.78, 5) is 14.0. The lowest BCUT2D eigenvalue weighted by molar-refractivity contribution is -0.130. The third kappa shape index (κ3) is 1.96. The van der Waals surface area contributed by atoms with Crippen molar-refractivity contribution in [3.05, 3.63) is 0 Å². The Bertz CT molecular complexity index is 234. The van der Waals surface area contributed by atoms with Crippen molar-refractivity contribution in [2.45, 2.75) is 49.0 Å². The molecule has 4 heteroatoms. The van der Waals surface area contributed by atoms with Gasteiger partial charge in [-0.2, -0.15) is 0 Å². The van der Waals surface area contributed by atoms with Gasteiger partial charge in [-0.3, -0.25) is 4.79 Å². The molecule has 1 aliphatic carbocycles. The maximum absolute atomic E-state index is 11.7. The maximum atomic E-state index is 11.7. The van der Waals surface area contributed by atoms with Crippen molar-refractivity contribution in [2.75, 3.05) is 6.54 Å². The normalized spacial score (nSPS) is 39.1. The summed E-state index contributed by atoms with van der Waals surface area (Å²) in [6, 6.07) is 0.504. The van der Waals surface area contributed by atoms with Gasteiger partial charge in [-0.25, -0.2) is 0 Å². The highest BCUT2D eigenvalue weighted by Gasteiger charge is 2.36. The van der Waals surface area contributed by atoms with Gasteiger partial charge in [0, 0.05) is 29.9 Å². The summed E-state index contributed by atoms with van der Waals surface area (Å²) in [6.45, 7) is 0.844. The van der Waals surface area contributed by atoms with Crippen LogP contribution in [-0.4, -0.2) is 34.3 Å². The third-order valence-electron chi connectivity index (χ3n) is 3.29. The molecule has 2 rings (SSSR count). The van der Waals surface area contributed by atoms with Gasteiger partial charge in [0.15, 0.2) is 0 Å². The Labute approximate surface area is 93.1 Å². The van der Waals surface area contributed by atoms with E-state index in [9.17, 15) is 4.79 Å². The average molecular weight is 261 g/mol. The average Bonchev–Trinajstić information content (AvgIpc) is 2.46. The van der Waals surface area contributed by atoms with Crippen LogP contribution in [0.2, 0.25) is 0 Å². The minimum atomic E-state index is 0.200. The second-order valence-electron chi connectivity index (χ2n) is 4.36. The van der Waals surface area contributed by atoms with Gasteiger partial charge in [-0.1, -0.05) is 28.8 Å². The quantitative estimate of drug-likeness (QED) is 0.722. The topological polar surface area (TPSA) is 46.3 Å². The number of carbonyl (C=O) groups is 1. The Hall–Kier alpha value is -0.0900. The van der Waals surface area contributed by atoms with E-state index in [1.54, 1.807) is 0 Å². The summed E-state index contributed by atoms with van der Waals surface area (Å²) < 4.78 is 0. The van der Waals surface area contributed by atoms with Gasteiger partial charge < -0.3 is 10.6 Å². The van der Waals surface area contributed by atoms with Crippen molar-refractivity contribution >= 4 is 21.8 Å². The van der Waals surface area contributed by atoms with Gasteiger partial charge in [0.1, 0.15) is 0 Å². The molecule has 1 aliphatic heterocycles. The fourth-order valence-electron chi connectivity index (χ4n) is 2.53. The standard InChI is InChI=1S/C10H17BrN2O/c11-7-5-10(14)13(6-7)9-4-2-1-3-8(9)12/h7-9H,1-6,12H2/t7?,8-,9-/m0/s1. The smallest absolute Gasteiger partial charge is 0.224 e. The van der Waals surface area contributed by atoms with Crippen LogP contribution in [0.3, 0.4) is 0 Å². The molecule has 1 saturated carbocycles. The maximum Gasteiger partial charge on any atom is 0.224 e. The van der Waals surface area contributed by atoms with E-state index in [0.717, 1.165) is 19.4 Å². The Balaban J connectivity index is 2.02. The lowest BCUT2D eigenvalue weighted by Gasteiger charge is -2.35. The first-order valence-electron chi connectivity index (χ1n) is 5.37. The zero-order chi connectivity index (χ0) is 10.1. The first kappa shape index (κ1) is 10.4. The summed E-state index contributed by atoms with van der Waals surface area (Å²) in [5, 5.41) is 0. The Morgan fingerprint density at radius 1 is 1.36 bits per heavy atom. The van der Waals surface area contributed by atoms with Gasteiger partial charge in [0.05, 0.1) is 0 Å². The van der Waals surface area contributed by atoms with Gasteiger partial charge >= 0.3 is 0 Å². The van der Waals surface area contributed by atoms with E-state index in [2.05, 4.69) is 15.9 Å². The molecule has 3 nitrogen and oxygen atoms in total. The lowest BCUT2D eigenvalue weighted by Crippen LogP contribution is -2.50. The molecule has 3 atom stereocenters. The number of rotatable bonds is 1. The SMILES string of the molecule is N[C@H]1CCCC[C@@H]1N1CC(Br)CC1=O. The fourth-order valence-corrected chi connectivity index (χ4v) is 3.12. The van der Waals surface area contributed by atoms with E-state index in [0.29, 0.717) is 17.3 Å². The number of likely N-dealkylation sites (tertiary alicyclic amines) is 1. The van der Waals surface area contributed by atoms with Gasteiger partial charge in [0.2, 0.25) is 5.91 Å². The number of amides is 1. The van der Waals surface area contributed by atoms with E-state index in [4.69, 9.17) is 5.73 Å². The molecule has 14 heavy (non-hydrogen) atoms. The zero-order valence-corrected chi connectivity index (χ0v) is 9.87. The van der Waals surface area contributed by atoms with Crippen LogP contribution < -0.4 is 5.73 Å². The summed E-state index contributed by atoms with van der Waals surface area (Å²) in [5.74, 6) is 0.272. The molecule has 2 N–H and O–H groups in total. The minimum Gasteiger partial charge on any atom is -0.337 e. The van der Waals surface area contributed by atoms with Gasteiger partial charge in [-0.05, 0) is 12.8 Å². The highest BCUT2D eigenvalue weighted by molar-refractivity contribution is 9.09. The number of nitrogens with zero attached hydrogens (tertiary/aromatic N) is 1. The van der Waals surface area contributed by atoms with E-state index in [1.165, 1.54) is 12.8 Å². The molecule has 1 saturated heterocycles. The number of hydrogen-bond donors (Lipinski definition) is 1. The van der Waals surface area contributed by atoms with Crippen LogP contribution in [0.15, 0.2) is 0 Å². The molecule has 0 aromatic rings. The second-order valence-corrected chi connectivity index (χ2v) is 5.66. The van der Waals surface area contributed by atoms with Crippen molar-refractivity contribution in [2.24, 2.45) is 5.73 Å². The highest BCUT2D eigenvalue weighted by Crippen LogP contribution is 2.27. The number of nitrogens with two attached hydrogens (primary N) is 1. The van der Waals surface area contributed by atoms with E-state index < -0.39 is 0 Å². The molecule has 0 aromatic carbocycles. The summed E-state index contributed by atoms with van der Waals surface area (Å²) in [7, 11) is 0. The number of alkyl halides is 1. The van der Waals surface area contributed by atoms with Crippen molar-refractivity contribution < 1.29 is 4.79 Å². The van der Waals surface area contributed by atoms with Crippen LogP contribution in [-0.2, 0) is 4.79 Å². The predicted molar refractivity (Wildman–Crippen MR) is 59.3 cm³/mol. The summed E-state index contributed by atoms with van der Waals surface area (Å²) in [5.41, 5.74) is 6.06. The first-order valence-corrected chi connectivity index (χ1v) is 6.29. The third-order valence-corrected chi connectivity index (χ3v) is 3.91. The second kappa shape index (κ2) is 4.19. The molecule has 80 valence electrons. The minimum absolute atomic E-state index is 0.200. The molecule has 2 fully saturated rings. The molecule has 0 aromatic heterocycles. The largest absolute Gasteiger partial charge is 0.337 e. The molecule has 2 aliphatic rings. The van der Waals surface area contributed by atoms with Crippen molar-refractivity contribution in [1.29, 1.82) is 0 Å². The van der Waals surface area contributed by atoms with Crippen LogP contribution in [0.5, 0.6) is 0 Å². The van der Waals surface area contributed by atoms with E-state index >= 15 is 0 Å². The lowest BCUT2D eigenvalue weighted by atomic mass is 9.90. The van der Waals surface area contributed by atoms with Gasteiger partial charge in [0.25, 0.3) is 0 Å². The molecular weight excluding hydrogens is 244 g/mol. The van der Waals surface area contributed by atoms with Gasteiger partial charge in [-0.15, -0.1) is 0 Å². The molecule has 0 bridgehead atoms. The van der Waals surface area contributed by atoms with E-state index in [1.807, 2.05) is 4.90 Å². The number of hydrogen-bond acceptors (Lipinski definition) is 2. The first-order chi connectivity index (χ1) is 6.68. The zero-order valence-electron chi connectivity index (χ0n) is 8.29. The Morgan fingerprint density at radius 3 is 2.64 bits per heavy atom. The van der Waals surface area contributed by atoms with Crippen LogP contribution in [0, 0.1) is 0 Å². The molecule has 1 heterocycles. The van der Waals surface area contributed by atoms with Crippen molar-refractivity contribution in [3.8, 4) is 0 Å². The molecule has 1 unspecified atom stereocenters. The Kier molecular flexibility index (Phi) is 3.12. The van der Waals surface area contributed by atoms with Crippen LogP contribution >= 0.6 is 15.9 Å². The molecule has 1 amide bonds. The summed E-state index contributed by atoms with van der Waals surface area (Å²) >= 11 is 3.50. The fraction of sp³-hybridized carbons (Fsp3) is 0.900. The van der Waals surface area contributed by atoms with Crippen molar-refractivity contribution in [3.63, 3.8) is 0 Å². The highest BCUT2D eigenvalue weighted by atomic mass is 79.9. The Morgan fingerprint density at radius 2 is 2.07 bits per heavy atom. The monoisotopic (exact) mass is 260 g/mol. The number of halogens is 1. The molecular formula is C10H17BrN2O. The van der Waals surface area contributed by atoms with E-state index in [-0.39, 0.29) is 11.9 Å². The van der Waals surface area contributed by atoms with Crippen LogP contribution in [0.25, 0.3) is 0 Å². The molecule has 0 spiro atoms. The van der Waals surface area contributed by atoms with Crippen LogP contribution in [0.1, 0.15) is 32.1 Å². The summed E-state index contributed by atoms with van der Waals surface area (Å²) in [6.07, 6.45) is 5.24. The molecule has 0 radical (unpaired) electrons. The predicted octanol–water partition coefficient (Wildman–Crippen LogP) is 1.25. The number of carbonyl (C=O) groups excluding carboxylic acids is 1.